The van der Waals surface area contributed by atoms with Crippen LogP contribution < -0.4 is 0 Å². The predicted molar refractivity (Wildman–Crippen MR) is 63.4 cm³/mol. The zero-order valence-electron chi connectivity index (χ0n) is 9.59. The molecule has 1 aromatic carbocycles. The van der Waals surface area contributed by atoms with Crippen LogP contribution >= 0.6 is 0 Å². The third kappa shape index (κ3) is 3.73. The first-order valence-corrected chi connectivity index (χ1v) is 5.32. The molecule has 0 aliphatic rings. The van der Waals surface area contributed by atoms with Gasteiger partial charge >= 0.3 is 6.09 Å². The van der Waals surface area contributed by atoms with Crippen molar-refractivity contribution < 1.29 is 9.63 Å². The van der Waals surface area contributed by atoms with Gasteiger partial charge in [-0.15, -0.1) is 0 Å². The van der Waals surface area contributed by atoms with Gasteiger partial charge in [-0.25, -0.2) is 4.79 Å². The molecular weight excluding hydrogens is 204 g/mol. The van der Waals surface area contributed by atoms with Gasteiger partial charge in [0.05, 0.1) is 6.21 Å². The summed E-state index contributed by atoms with van der Waals surface area (Å²) >= 11 is 0. The van der Waals surface area contributed by atoms with Gasteiger partial charge in [-0.05, 0) is 19.4 Å². The van der Waals surface area contributed by atoms with Gasteiger partial charge in [0, 0.05) is 13.1 Å². The fourth-order valence-electron chi connectivity index (χ4n) is 1.21. The van der Waals surface area contributed by atoms with E-state index in [1.54, 1.807) is 4.90 Å². The summed E-state index contributed by atoms with van der Waals surface area (Å²) in [5.74, 6) is 0. The minimum absolute atomic E-state index is 0.419. The Morgan fingerprint density at radius 2 is 1.94 bits per heavy atom. The highest BCUT2D eigenvalue weighted by Crippen LogP contribution is 1.96. The highest BCUT2D eigenvalue weighted by molar-refractivity contribution is 5.79. The van der Waals surface area contributed by atoms with Crippen molar-refractivity contribution in [1.82, 2.24) is 4.90 Å². The second-order valence-corrected chi connectivity index (χ2v) is 3.17. The van der Waals surface area contributed by atoms with Gasteiger partial charge in [0.2, 0.25) is 0 Å². The summed E-state index contributed by atoms with van der Waals surface area (Å²) in [4.78, 5) is 17.7. The van der Waals surface area contributed by atoms with E-state index in [1.807, 2.05) is 44.2 Å². The molecule has 0 aliphatic heterocycles. The maximum atomic E-state index is 11.4. The van der Waals surface area contributed by atoms with Gasteiger partial charge in [0.15, 0.2) is 0 Å². The molecular formula is C12H16N2O2. The second kappa shape index (κ2) is 6.61. The molecule has 0 heterocycles. The number of hydrogen-bond acceptors (Lipinski definition) is 3. The molecule has 0 radical (unpaired) electrons. The summed E-state index contributed by atoms with van der Waals surface area (Å²) in [5, 5.41) is 3.64. The predicted octanol–water partition coefficient (Wildman–Crippen LogP) is 2.50. The lowest BCUT2D eigenvalue weighted by Gasteiger charge is -2.14. The van der Waals surface area contributed by atoms with E-state index in [-0.39, 0.29) is 0 Å². The Morgan fingerprint density at radius 3 is 2.50 bits per heavy atom. The zero-order chi connectivity index (χ0) is 11.8. The van der Waals surface area contributed by atoms with Gasteiger partial charge in [0.25, 0.3) is 0 Å². The summed E-state index contributed by atoms with van der Waals surface area (Å²) in [6.45, 7) is 5.03. The monoisotopic (exact) mass is 220 g/mol. The van der Waals surface area contributed by atoms with E-state index >= 15 is 0 Å². The van der Waals surface area contributed by atoms with Crippen molar-refractivity contribution in [2.45, 2.75) is 13.8 Å². The Bertz CT molecular complexity index is 345. The van der Waals surface area contributed by atoms with Crippen LogP contribution in [0.3, 0.4) is 0 Å². The van der Waals surface area contributed by atoms with Crippen LogP contribution in [-0.4, -0.2) is 30.3 Å². The van der Waals surface area contributed by atoms with E-state index in [1.165, 1.54) is 6.21 Å². The minimum atomic E-state index is -0.419. The van der Waals surface area contributed by atoms with Crippen molar-refractivity contribution in [2.75, 3.05) is 13.1 Å². The number of nitrogens with zero attached hydrogens (tertiary/aromatic N) is 2. The van der Waals surface area contributed by atoms with Crippen molar-refractivity contribution >= 4 is 12.3 Å². The van der Waals surface area contributed by atoms with Crippen molar-refractivity contribution in [3.63, 3.8) is 0 Å². The lowest BCUT2D eigenvalue weighted by Crippen LogP contribution is -2.29. The van der Waals surface area contributed by atoms with E-state index in [0.717, 1.165) is 5.56 Å². The highest BCUT2D eigenvalue weighted by Gasteiger charge is 2.09. The lowest BCUT2D eigenvalue weighted by molar-refractivity contribution is 0.110. The lowest BCUT2D eigenvalue weighted by atomic mass is 10.2. The third-order valence-electron chi connectivity index (χ3n) is 2.15. The second-order valence-electron chi connectivity index (χ2n) is 3.17. The Hall–Kier alpha value is -1.84. The number of carbonyl (C=O) groups excluding carboxylic acids is 1. The van der Waals surface area contributed by atoms with Crippen LogP contribution in [0.2, 0.25) is 0 Å². The molecule has 16 heavy (non-hydrogen) atoms. The van der Waals surface area contributed by atoms with Gasteiger partial charge in [0.1, 0.15) is 0 Å². The van der Waals surface area contributed by atoms with Crippen LogP contribution in [0.5, 0.6) is 0 Å². The number of benzene rings is 1. The quantitative estimate of drug-likeness (QED) is 0.444. The molecule has 0 spiro atoms. The number of carbonyl (C=O) groups is 1. The van der Waals surface area contributed by atoms with Crippen LogP contribution in [0, 0.1) is 0 Å². The largest absolute Gasteiger partial charge is 0.435 e. The molecule has 0 saturated heterocycles. The maximum Gasteiger partial charge on any atom is 0.435 e. The van der Waals surface area contributed by atoms with Crippen molar-refractivity contribution in [2.24, 2.45) is 5.16 Å². The fraction of sp³-hybridized carbons (Fsp3) is 0.333. The first-order chi connectivity index (χ1) is 7.77. The number of rotatable bonds is 4. The van der Waals surface area contributed by atoms with Crippen LogP contribution in [-0.2, 0) is 4.84 Å². The highest BCUT2D eigenvalue weighted by atomic mass is 16.7. The van der Waals surface area contributed by atoms with E-state index < -0.39 is 6.09 Å². The Labute approximate surface area is 95.5 Å². The number of amides is 1. The smallest absolute Gasteiger partial charge is 0.307 e. The molecule has 0 unspecified atom stereocenters. The molecule has 0 N–H and O–H groups in total. The Morgan fingerprint density at radius 1 is 1.31 bits per heavy atom. The Kier molecular flexibility index (Phi) is 5.05. The van der Waals surface area contributed by atoms with E-state index in [2.05, 4.69) is 5.16 Å². The van der Waals surface area contributed by atoms with E-state index in [9.17, 15) is 4.79 Å². The molecule has 4 nitrogen and oxygen atoms in total. The van der Waals surface area contributed by atoms with Gasteiger partial charge in [-0.2, -0.15) is 0 Å². The molecule has 1 amide bonds. The van der Waals surface area contributed by atoms with Gasteiger partial charge in [-0.1, -0.05) is 35.5 Å². The summed E-state index contributed by atoms with van der Waals surface area (Å²) in [6.07, 6.45) is 1.10. The SMILES string of the molecule is CCN(CC)C(=O)ON=Cc1ccccc1. The number of oxime groups is 1. The number of hydrogen-bond donors (Lipinski definition) is 0. The summed E-state index contributed by atoms with van der Waals surface area (Å²) in [6, 6.07) is 9.48. The van der Waals surface area contributed by atoms with Gasteiger partial charge < -0.3 is 4.90 Å². The van der Waals surface area contributed by atoms with Crippen molar-refractivity contribution in [3.05, 3.63) is 35.9 Å². The standard InChI is InChI=1S/C12H16N2O2/c1-3-14(4-2)12(15)16-13-10-11-8-6-5-7-9-11/h5-10H,3-4H2,1-2H3. The van der Waals surface area contributed by atoms with Crippen LogP contribution in [0.4, 0.5) is 4.79 Å². The molecule has 1 rings (SSSR count). The molecule has 1 aromatic rings. The molecule has 4 heteroatoms. The minimum Gasteiger partial charge on any atom is -0.307 e. The van der Waals surface area contributed by atoms with Crippen LogP contribution in [0.25, 0.3) is 0 Å². The molecule has 0 saturated carbocycles. The normalized spacial score (nSPS) is 10.4. The summed E-state index contributed by atoms with van der Waals surface area (Å²) in [7, 11) is 0. The summed E-state index contributed by atoms with van der Waals surface area (Å²) < 4.78 is 0. The van der Waals surface area contributed by atoms with E-state index in [0.29, 0.717) is 13.1 Å². The molecule has 0 bridgehead atoms. The molecule has 0 fully saturated rings. The average molecular weight is 220 g/mol. The van der Waals surface area contributed by atoms with Crippen LogP contribution in [0.15, 0.2) is 35.5 Å². The van der Waals surface area contributed by atoms with E-state index in [4.69, 9.17) is 4.84 Å². The Balaban J connectivity index is 2.45. The topological polar surface area (TPSA) is 41.9 Å². The molecule has 0 aliphatic carbocycles. The van der Waals surface area contributed by atoms with Crippen molar-refractivity contribution in [1.29, 1.82) is 0 Å². The molecule has 0 aromatic heterocycles. The summed E-state index contributed by atoms with van der Waals surface area (Å²) in [5.41, 5.74) is 0.898. The third-order valence-corrected chi connectivity index (χ3v) is 2.15. The fourth-order valence-corrected chi connectivity index (χ4v) is 1.21. The molecule has 86 valence electrons. The first-order valence-electron chi connectivity index (χ1n) is 5.32. The van der Waals surface area contributed by atoms with Gasteiger partial charge in [-0.3, -0.25) is 4.84 Å². The zero-order valence-corrected chi connectivity index (χ0v) is 9.59. The molecule has 0 atom stereocenters. The average Bonchev–Trinajstić information content (AvgIpc) is 2.32. The van der Waals surface area contributed by atoms with Crippen LogP contribution in [0.1, 0.15) is 19.4 Å². The van der Waals surface area contributed by atoms with Crippen molar-refractivity contribution in [3.8, 4) is 0 Å². The maximum absolute atomic E-state index is 11.4. The first kappa shape index (κ1) is 12.2.